The van der Waals surface area contributed by atoms with Gasteiger partial charge in [-0.05, 0) is 89.9 Å². The minimum atomic E-state index is 0.275. The molecule has 0 aliphatic heterocycles. The summed E-state index contributed by atoms with van der Waals surface area (Å²) < 4.78 is 0. The van der Waals surface area contributed by atoms with Gasteiger partial charge in [-0.25, -0.2) is 0 Å². The highest BCUT2D eigenvalue weighted by molar-refractivity contribution is 6.18. The lowest BCUT2D eigenvalue weighted by Crippen LogP contribution is -2.24. The average molecular weight is 768 g/mol. The molecule has 2 unspecified atom stereocenters. The van der Waals surface area contributed by atoms with Crippen LogP contribution >= 0.6 is 23.2 Å². The van der Waals surface area contributed by atoms with Crippen molar-refractivity contribution in [2.45, 2.75) is 258 Å². The molecule has 0 fully saturated rings. The van der Waals surface area contributed by atoms with E-state index in [-0.39, 0.29) is 11.8 Å². The zero-order chi connectivity index (χ0) is 37.8. The predicted molar refractivity (Wildman–Crippen MR) is 239 cm³/mol. The fraction of sp³-hybridized carbons (Fsp3) is 0.898. The molecule has 308 valence electrons. The molecule has 0 aromatic rings. The number of halogens is 2. The Hall–Kier alpha value is -0.270. The topological polar surface area (TPSA) is 17.1 Å². The summed E-state index contributed by atoms with van der Waals surface area (Å²) in [4.78, 5) is 14.2. The number of hydrogen-bond acceptors (Lipinski definition) is 1. The van der Waals surface area contributed by atoms with Crippen LogP contribution in [-0.2, 0) is 4.79 Å². The second-order valence-electron chi connectivity index (χ2n) is 16.3. The molecule has 0 rings (SSSR count). The highest BCUT2D eigenvalue weighted by Crippen LogP contribution is 2.29. The maximum atomic E-state index is 14.2. The van der Waals surface area contributed by atoms with Crippen molar-refractivity contribution < 1.29 is 4.79 Å². The van der Waals surface area contributed by atoms with Gasteiger partial charge < -0.3 is 0 Å². The first-order valence-corrected chi connectivity index (χ1v) is 24.7. The summed E-state index contributed by atoms with van der Waals surface area (Å²) in [7, 11) is 0. The molecule has 2 atom stereocenters. The molecular weight excluding hydrogens is 675 g/mol. The van der Waals surface area contributed by atoms with Crippen molar-refractivity contribution in [1.29, 1.82) is 0 Å². The Morgan fingerprint density at radius 2 is 0.577 bits per heavy atom. The third kappa shape index (κ3) is 38.0. The van der Waals surface area contributed by atoms with E-state index in [1.54, 1.807) is 0 Å². The van der Waals surface area contributed by atoms with Crippen molar-refractivity contribution >= 4 is 29.0 Å². The van der Waals surface area contributed by atoms with Crippen molar-refractivity contribution in [3.8, 4) is 0 Å². The Labute approximate surface area is 338 Å². The van der Waals surface area contributed by atoms with Gasteiger partial charge in [-0.1, -0.05) is 192 Å². The minimum absolute atomic E-state index is 0.275. The van der Waals surface area contributed by atoms with Crippen molar-refractivity contribution in [1.82, 2.24) is 0 Å². The molecule has 0 bridgehead atoms. The van der Waals surface area contributed by atoms with E-state index in [4.69, 9.17) is 23.2 Å². The van der Waals surface area contributed by atoms with Crippen molar-refractivity contribution in [2.75, 3.05) is 11.8 Å². The molecule has 0 radical (unpaired) electrons. The summed E-state index contributed by atoms with van der Waals surface area (Å²) in [5.41, 5.74) is 0. The van der Waals surface area contributed by atoms with Gasteiger partial charge in [-0.3, -0.25) is 4.79 Å². The first-order chi connectivity index (χ1) is 25.7. The fourth-order valence-electron chi connectivity index (χ4n) is 7.79. The van der Waals surface area contributed by atoms with Crippen LogP contribution in [0.2, 0.25) is 0 Å². The van der Waals surface area contributed by atoms with Crippen LogP contribution in [0.5, 0.6) is 0 Å². The molecule has 0 saturated carbocycles. The van der Waals surface area contributed by atoms with Crippen molar-refractivity contribution in [3.63, 3.8) is 0 Å². The van der Waals surface area contributed by atoms with Crippen LogP contribution in [0.3, 0.4) is 0 Å². The molecule has 52 heavy (non-hydrogen) atoms. The van der Waals surface area contributed by atoms with E-state index in [2.05, 4.69) is 38.2 Å². The van der Waals surface area contributed by atoms with Crippen molar-refractivity contribution in [3.05, 3.63) is 24.3 Å². The minimum Gasteiger partial charge on any atom is -0.299 e. The quantitative estimate of drug-likeness (QED) is 0.0343. The van der Waals surface area contributed by atoms with E-state index >= 15 is 0 Å². The van der Waals surface area contributed by atoms with Gasteiger partial charge in [0, 0.05) is 23.6 Å². The molecule has 0 N–H and O–H groups in total. The Balaban J connectivity index is 4.60. The number of rotatable bonds is 44. The molecule has 0 aromatic carbocycles. The smallest absolute Gasteiger partial charge is 0.139 e. The monoisotopic (exact) mass is 767 g/mol. The number of carbonyl (C=O) groups is 1. The van der Waals surface area contributed by atoms with E-state index in [0.29, 0.717) is 5.78 Å². The Kier molecular flexibility index (Phi) is 44.9. The first-order valence-electron chi connectivity index (χ1n) is 23.7. The second-order valence-corrected chi connectivity index (χ2v) is 17.1. The van der Waals surface area contributed by atoms with Gasteiger partial charge >= 0.3 is 0 Å². The zero-order valence-electron chi connectivity index (χ0n) is 35.4. The number of unbranched alkanes of at least 4 members (excludes halogenated alkanes) is 28. The number of alkyl halides is 2. The normalized spacial score (nSPS) is 13.2. The maximum absolute atomic E-state index is 14.2. The molecule has 1 nitrogen and oxygen atoms in total. The van der Waals surface area contributed by atoms with Gasteiger partial charge in [0.05, 0.1) is 0 Å². The third-order valence-corrected chi connectivity index (χ3v) is 11.8. The Bertz CT molecular complexity index is 686. The molecule has 3 heteroatoms. The number of carbonyl (C=O) groups excluding carboxylic acids is 1. The van der Waals surface area contributed by atoms with E-state index in [1.807, 2.05) is 0 Å². The number of Topliss-reactive ketones (excluding diaryl/α,β-unsaturated/α-hetero) is 1. The van der Waals surface area contributed by atoms with Crippen LogP contribution in [0, 0.1) is 11.8 Å². The summed E-state index contributed by atoms with van der Waals surface area (Å²) in [5, 5.41) is 0. The van der Waals surface area contributed by atoms with Gasteiger partial charge in [0.1, 0.15) is 5.78 Å². The lowest BCUT2D eigenvalue weighted by atomic mass is 9.80. The number of allylic oxidation sites excluding steroid dienone is 4. The maximum Gasteiger partial charge on any atom is 0.139 e. The van der Waals surface area contributed by atoms with Crippen LogP contribution in [0.1, 0.15) is 258 Å². The van der Waals surface area contributed by atoms with Gasteiger partial charge in [-0.2, -0.15) is 0 Å². The van der Waals surface area contributed by atoms with E-state index in [9.17, 15) is 4.79 Å². The van der Waals surface area contributed by atoms with Crippen LogP contribution in [0.15, 0.2) is 24.3 Å². The lowest BCUT2D eigenvalue weighted by Gasteiger charge is -2.23. The van der Waals surface area contributed by atoms with Gasteiger partial charge in [0.15, 0.2) is 0 Å². The van der Waals surface area contributed by atoms with Crippen LogP contribution in [0.4, 0.5) is 0 Å². The Morgan fingerprint density at radius 3 is 0.846 bits per heavy atom. The molecule has 0 spiro atoms. The SMILES string of the molecule is CCCCCCCC/C=C\CCCCCCCC(CCCCCCCl)C(=O)C(CCCCCCCl)CCCCCCC/C=C\CCCCCCCC. The molecular formula is C49H92Cl2O. The molecule has 0 amide bonds. The Morgan fingerprint density at radius 1 is 0.346 bits per heavy atom. The third-order valence-electron chi connectivity index (χ3n) is 11.3. The molecule has 0 aliphatic carbocycles. The van der Waals surface area contributed by atoms with Crippen LogP contribution < -0.4 is 0 Å². The number of hydrogen-bond donors (Lipinski definition) is 0. The van der Waals surface area contributed by atoms with Gasteiger partial charge in [0.25, 0.3) is 0 Å². The molecule has 0 heterocycles. The average Bonchev–Trinajstić information content (AvgIpc) is 3.15. The van der Waals surface area contributed by atoms with Crippen LogP contribution in [-0.4, -0.2) is 17.5 Å². The molecule has 0 saturated heterocycles. The number of ketones is 1. The van der Waals surface area contributed by atoms with E-state index < -0.39 is 0 Å². The highest BCUT2D eigenvalue weighted by Gasteiger charge is 2.26. The summed E-state index contributed by atoms with van der Waals surface area (Å²) in [5.74, 6) is 2.70. The largest absolute Gasteiger partial charge is 0.299 e. The van der Waals surface area contributed by atoms with E-state index in [1.165, 1.54) is 205 Å². The summed E-state index contributed by atoms with van der Waals surface area (Å²) in [6, 6.07) is 0. The first kappa shape index (κ1) is 51.7. The van der Waals surface area contributed by atoms with Crippen molar-refractivity contribution in [2.24, 2.45) is 11.8 Å². The molecule has 0 aliphatic rings. The second kappa shape index (κ2) is 45.1. The zero-order valence-corrected chi connectivity index (χ0v) is 36.9. The van der Waals surface area contributed by atoms with E-state index in [0.717, 1.165) is 50.3 Å². The fourth-order valence-corrected chi connectivity index (χ4v) is 8.17. The summed E-state index contributed by atoms with van der Waals surface area (Å²) in [6.45, 7) is 4.58. The standard InChI is InChI=1S/C49H92Cl2O/c1-3-5-7-9-11-13-15-17-19-21-23-25-27-29-35-41-47(43-37-31-33-39-45-50)49(52)48(44-38-32-34-40-46-51)42-36-30-28-26-24-22-20-18-16-14-12-10-8-6-4-2/h17-20,47-48H,3-16,21-46H2,1-2H3/b19-17-,20-18-. The van der Waals surface area contributed by atoms with Crippen LogP contribution in [0.25, 0.3) is 0 Å². The van der Waals surface area contributed by atoms with Gasteiger partial charge in [0.2, 0.25) is 0 Å². The summed E-state index contributed by atoms with van der Waals surface area (Å²) in [6.07, 6.45) is 58.2. The lowest BCUT2D eigenvalue weighted by molar-refractivity contribution is -0.128. The predicted octanol–water partition coefficient (Wildman–Crippen LogP) is 18.2. The van der Waals surface area contributed by atoms with Gasteiger partial charge in [-0.15, -0.1) is 23.2 Å². The summed E-state index contributed by atoms with van der Waals surface area (Å²) >= 11 is 11.9. The molecule has 0 aromatic heterocycles. The highest BCUT2D eigenvalue weighted by atomic mass is 35.5.